The van der Waals surface area contributed by atoms with Gasteiger partial charge in [0, 0.05) is 18.2 Å². The van der Waals surface area contributed by atoms with E-state index in [0.29, 0.717) is 35.8 Å². The van der Waals surface area contributed by atoms with Crippen molar-refractivity contribution in [1.82, 2.24) is 15.0 Å². The highest BCUT2D eigenvalue weighted by molar-refractivity contribution is 7.22. The van der Waals surface area contributed by atoms with Crippen molar-refractivity contribution in [2.45, 2.75) is 24.8 Å². The Morgan fingerprint density at radius 2 is 1.94 bits per heavy atom. The number of methoxy groups -OCH3 is 1. The lowest BCUT2D eigenvalue weighted by molar-refractivity contribution is -0.119. The third kappa shape index (κ3) is 4.51. The molecule has 3 N–H and O–H groups in total. The molecule has 2 aromatic carbocycles. The lowest BCUT2D eigenvalue weighted by atomic mass is 10.1. The fraction of sp³-hybridized carbons (Fsp3) is 0.250. The van der Waals surface area contributed by atoms with Crippen molar-refractivity contribution in [3.63, 3.8) is 0 Å². The predicted molar refractivity (Wildman–Crippen MR) is 130 cm³/mol. The van der Waals surface area contributed by atoms with E-state index in [4.69, 9.17) is 10.5 Å². The highest BCUT2D eigenvalue weighted by Gasteiger charge is 2.39. The summed E-state index contributed by atoms with van der Waals surface area (Å²) < 4.78 is 50.5. The van der Waals surface area contributed by atoms with Crippen molar-refractivity contribution < 1.29 is 22.7 Å². The molecule has 1 amide bonds. The van der Waals surface area contributed by atoms with Crippen molar-refractivity contribution in [3.05, 3.63) is 65.6 Å². The van der Waals surface area contributed by atoms with E-state index in [1.165, 1.54) is 16.2 Å². The molecular formula is C24H21F3N6O2S. The number of benzene rings is 2. The van der Waals surface area contributed by atoms with Gasteiger partial charge in [-0.2, -0.15) is 13.8 Å². The summed E-state index contributed by atoms with van der Waals surface area (Å²) in [5, 5.41) is 3.41. The lowest BCUT2D eigenvalue weighted by Crippen LogP contribution is -2.41. The van der Waals surface area contributed by atoms with Crippen LogP contribution in [0.25, 0.3) is 10.2 Å². The molecule has 0 saturated carbocycles. The standard InChI is InChI=1S/C24H21F3N6O2S/c1-35-15-8-9-16-18(11-15)36-23(29-16)32-20-12-19(24(26,27)13-4-6-14(25)7-5-13)30-22(31-20)33-10-2-3-17(33)21(28)34/h4-9,11-12,17H,2-3,10H2,1H3,(H2,28,34)(H,29,30,31,32)/t17-/m0/s1. The molecule has 186 valence electrons. The van der Waals surface area contributed by atoms with E-state index in [-0.39, 0.29) is 11.8 Å². The molecule has 1 fully saturated rings. The van der Waals surface area contributed by atoms with E-state index in [1.54, 1.807) is 19.2 Å². The fourth-order valence-electron chi connectivity index (χ4n) is 4.09. The molecule has 12 heteroatoms. The summed E-state index contributed by atoms with van der Waals surface area (Å²) in [6.07, 6.45) is 1.11. The maximum absolute atomic E-state index is 15.5. The number of fused-ring (bicyclic) bond motifs is 1. The molecule has 2 aromatic heterocycles. The zero-order valence-corrected chi connectivity index (χ0v) is 19.9. The largest absolute Gasteiger partial charge is 0.497 e. The van der Waals surface area contributed by atoms with Crippen LogP contribution in [-0.2, 0) is 10.7 Å². The summed E-state index contributed by atoms with van der Waals surface area (Å²) in [5.74, 6) is -4.10. The third-order valence-corrected chi connectivity index (χ3v) is 6.85. The van der Waals surface area contributed by atoms with Gasteiger partial charge in [0.25, 0.3) is 0 Å². The SMILES string of the molecule is COc1ccc2nc(Nc3cc(C(F)(F)c4ccc(F)cc4)nc(N4CCC[C@H]4C(N)=O)n3)sc2c1. The van der Waals surface area contributed by atoms with Crippen LogP contribution in [0.5, 0.6) is 5.75 Å². The van der Waals surface area contributed by atoms with Crippen molar-refractivity contribution in [2.24, 2.45) is 5.73 Å². The quantitative estimate of drug-likeness (QED) is 0.372. The highest BCUT2D eigenvalue weighted by Crippen LogP contribution is 2.38. The number of nitrogens with one attached hydrogen (secondary N) is 1. The van der Waals surface area contributed by atoms with Gasteiger partial charge in [-0.05, 0) is 55.3 Å². The number of aromatic nitrogens is 3. The molecule has 0 unspecified atom stereocenters. The molecule has 1 aliphatic rings. The van der Waals surface area contributed by atoms with Crippen LogP contribution in [0.2, 0.25) is 0 Å². The van der Waals surface area contributed by atoms with Gasteiger partial charge < -0.3 is 20.7 Å². The lowest BCUT2D eigenvalue weighted by Gasteiger charge is -2.24. The maximum Gasteiger partial charge on any atom is 0.315 e. The van der Waals surface area contributed by atoms with Gasteiger partial charge >= 0.3 is 5.92 Å². The molecule has 5 rings (SSSR count). The number of rotatable bonds is 7. The molecule has 0 radical (unpaired) electrons. The van der Waals surface area contributed by atoms with Crippen molar-refractivity contribution in [2.75, 3.05) is 23.9 Å². The van der Waals surface area contributed by atoms with E-state index in [2.05, 4.69) is 20.3 Å². The number of halogens is 3. The first kappa shape index (κ1) is 23.8. The Morgan fingerprint density at radius 1 is 1.17 bits per heavy atom. The Hall–Kier alpha value is -3.93. The number of carbonyl (C=O) groups excluding carboxylic acids is 1. The Bertz CT molecular complexity index is 1430. The Balaban J connectivity index is 1.57. The second-order valence-electron chi connectivity index (χ2n) is 8.25. The topological polar surface area (TPSA) is 106 Å². The highest BCUT2D eigenvalue weighted by atomic mass is 32.1. The molecule has 4 aromatic rings. The average Bonchev–Trinajstić information content (AvgIpc) is 3.50. The van der Waals surface area contributed by atoms with Crippen LogP contribution < -0.4 is 20.7 Å². The minimum Gasteiger partial charge on any atom is -0.497 e. The number of alkyl halides is 2. The number of primary amides is 1. The van der Waals surface area contributed by atoms with Gasteiger partial charge in [-0.15, -0.1) is 0 Å². The number of nitrogens with zero attached hydrogens (tertiary/aromatic N) is 4. The average molecular weight is 515 g/mol. The van der Waals surface area contributed by atoms with Gasteiger partial charge in [-0.1, -0.05) is 11.3 Å². The number of thiazole rings is 1. The molecular weight excluding hydrogens is 493 g/mol. The van der Waals surface area contributed by atoms with E-state index < -0.39 is 34.9 Å². The minimum atomic E-state index is -3.56. The van der Waals surface area contributed by atoms with Gasteiger partial charge in [0.1, 0.15) is 29.1 Å². The van der Waals surface area contributed by atoms with Crippen LogP contribution in [0.4, 0.5) is 30.1 Å². The molecule has 0 spiro atoms. The summed E-state index contributed by atoms with van der Waals surface area (Å²) in [4.78, 5) is 26.5. The van der Waals surface area contributed by atoms with Gasteiger partial charge in [0.05, 0.1) is 17.3 Å². The van der Waals surface area contributed by atoms with E-state index in [1.807, 2.05) is 6.07 Å². The van der Waals surface area contributed by atoms with Gasteiger partial charge in [-0.25, -0.2) is 14.4 Å². The Morgan fingerprint density at radius 3 is 2.67 bits per heavy atom. The molecule has 3 heterocycles. The molecule has 1 saturated heterocycles. The number of hydrogen-bond donors (Lipinski definition) is 2. The molecule has 8 nitrogen and oxygen atoms in total. The number of anilines is 3. The Labute approximate surface area is 207 Å². The number of nitrogens with two attached hydrogens (primary N) is 1. The van der Waals surface area contributed by atoms with Crippen LogP contribution in [0.1, 0.15) is 24.1 Å². The van der Waals surface area contributed by atoms with Crippen LogP contribution in [-0.4, -0.2) is 40.6 Å². The van der Waals surface area contributed by atoms with Crippen LogP contribution in [0, 0.1) is 5.82 Å². The second kappa shape index (κ2) is 9.26. The van der Waals surface area contributed by atoms with E-state index >= 15 is 8.78 Å². The van der Waals surface area contributed by atoms with Crippen LogP contribution >= 0.6 is 11.3 Å². The van der Waals surface area contributed by atoms with Gasteiger partial charge in [0.2, 0.25) is 11.9 Å². The first-order chi connectivity index (χ1) is 17.2. The van der Waals surface area contributed by atoms with Gasteiger partial charge in [0.15, 0.2) is 5.13 Å². The van der Waals surface area contributed by atoms with Crippen LogP contribution in [0.3, 0.4) is 0 Å². The third-order valence-electron chi connectivity index (χ3n) is 5.91. The summed E-state index contributed by atoms with van der Waals surface area (Å²) >= 11 is 1.30. The maximum atomic E-state index is 15.5. The summed E-state index contributed by atoms with van der Waals surface area (Å²) in [5.41, 5.74) is 5.18. The smallest absolute Gasteiger partial charge is 0.315 e. The van der Waals surface area contributed by atoms with E-state index in [9.17, 15) is 9.18 Å². The first-order valence-electron chi connectivity index (χ1n) is 11.1. The summed E-state index contributed by atoms with van der Waals surface area (Å²) in [7, 11) is 1.56. The summed E-state index contributed by atoms with van der Waals surface area (Å²) in [6, 6.07) is 9.73. The molecule has 0 bridgehead atoms. The number of ether oxygens (including phenoxy) is 1. The molecule has 36 heavy (non-hydrogen) atoms. The van der Waals surface area contributed by atoms with Gasteiger partial charge in [-0.3, -0.25) is 4.79 Å². The molecule has 1 aliphatic heterocycles. The molecule has 0 aliphatic carbocycles. The minimum absolute atomic E-state index is 0.0548. The monoisotopic (exact) mass is 514 g/mol. The number of hydrogen-bond acceptors (Lipinski definition) is 8. The fourth-order valence-corrected chi connectivity index (χ4v) is 4.99. The first-order valence-corrected chi connectivity index (χ1v) is 11.9. The molecule has 1 atom stereocenters. The number of amides is 1. The zero-order valence-electron chi connectivity index (χ0n) is 19.0. The van der Waals surface area contributed by atoms with Crippen molar-refractivity contribution in [3.8, 4) is 5.75 Å². The Kier molecular flexibility index (Phi) is 6.12. The predicted octanol–water partition coefficient (Wildman–Crippen LogP) is 4.57. The van der Waals surface area contributed by atoms with Crippen molar-refractivity contribution in [1.29, 1.82) is 0 Å². The zero-order chi connectivity index (χ0) is 25.4. The van der Waals surface area contributed by atoms with Crippen molar-refractivity contribution >= 4 is 44.4 Å². The summed E-state index contributed by atoms with van der Waals surface area (Å²) in [6.45, 7) is 0.388. The van der Waals surface area contributed by atoms with E-state index in [0.717, 1.165) is 35.0 Å². The van der Waals surface area contributed by atoms with Crippen LogP contribution in [0.15, 0.2) is 48.5 Å². The second-order valence-corrected chi connectivity index (χ2v) is 9.28. The number of carbonyl (C=O) groups is 1. The normalized spacial score (nSPS) is 15.9.